The van der Waals surface area contributed by atoms with E-state index in [4.69, 9.17) is 14.5 Å². The molecule has 0 fully saturated rings. The van der Waals surface area contributed by atoms with Crippen molar-refractivity contribution in [3.8, 4) is 11.5 Å². The Bertz CT molecular complexity index is 1210. The summed E-state index contributed by atoms with van der Waals surface area (Å²) in [4.78, 5) is 17.9. The first-order valence-corrected chi connectivity index (χ1v) is 11.2. The Morgan fingerprint density at radius 1 is 1.06 bits per heavy atom. The van der Waals surface area contributed by atoms with Gasteiger partial charge in [0.15, 0.2) is 11.5 Å². The summed E-state index contributed by atoms with van der Waals surface area (Å²) in [6, 6.07) is 11.0. The molecular formula is C26H33N5O3. The zero-order valence-corrected chi connectivity index (χ0v) is 20.9. The lowest BCUT2D eigenvalue weighted by atomic mass is 10.1. The summed E-state index contributed by atoms with van der Waals surface area (Å²) in [5.41, 5.74) is 6.58. The zero-order valence-electron chi connectivity index (χ0n) is 20.9. The minimum Gasteiger partial charge on any atom is -0.493 e. The van der Waals surface area contributed by atoms with Crippen molar-refractivity contribution < 1.29 is 14.3 Å². The number of hydrogen-bond donors (Lipinski definition) is 2. The molecule has 3 aromatic rings. The van der Waals surface area contributed by atoms with Gasteiger partial charge in [-0.3, -0.25) is 14.8 Å². The van der Waals surface area contributed by atoms with Gasteiger partial charge in [0.2, 0.25) is 5.96 Å². The van der Waals surface area contributed by atoms with E-state index in [9.17, 15) is 4.79 Å². The van der Waals surface area contributed by atoms with Crippen LogP contribution >= 0.6 is 0 Å². The molecule has 3 rings (SSSR count). The summed E-state index contributed by atoms with van der Waals surface area (Å²) in [6.45, 7) is 11.3. The van der Waals surface area contributed by atoms with Gasteiger partial charge in [0.25, 0.3) is 5.91 Å². The van der Waals surface area contributed by atoms with Crippen LogP contribution in [-0.2, 0) is 13.1 Å². The van der Waals surface area contributed by atoms with E-state index in [0.717, 1.165) is 40.3 Å². The number of rotatable bonds is 7. The lowest BCUT2D eigenvalue weighted by Crippen LogP contribution is -2.36. The summed E-state index contributed by atoms with van der Waals surface area (Å²) in [5.74, 6) is 1.08. The molecule has 0 bridgehead atoms. The molecule has 1 aromatic heterocycles. The molecule has 34 heavy (non-hydrogen) atoms. The number of benzene rings is 2. The molecule has 0 unspecified atom stereocenters. The molecule has 0 aliphatic rings. The molecule has 0 aliphatic heterocycles. The topological polar surface area (TPSA) is 89.8 Å². The van der Waals surface area contributed by atoms with Crippen LogP contribution in [0.4, 0.5) is 5.69 Å². The van der Waals surface area contributed by atoms with Crippen LogP contribution in [0.3, 0.4) is 0 Å². The Hall–Kier alpha value is -3.81. The van der Waals surface area contributed by atoms with Gasteiger partial charge in [-0.2, -0.15) is 5.10 Å². The second-order valence-corrected chi connectivity index (χ2v) is 8.03. The molecule has 1 heterocycles. The van der Waals surface area contributed by atoms with Gasteiger partial charge in [0.1, 0.15) is 0 Å². The highest BCUT2D eigenvalue weighted by Gasteiger charge is 2.15. The Morgan fingerprint density at radius 3 is 2.44 bits per heavy atom. The lowest BCUT2D eigenvalue weighted by molar-refractivity contribution is 0.0976. The maximum atomic E-state index is 13.1. The second kappa shape index (κ2) is 10.9. The van der Waals surface area contributed by atoms with Gasteiger partial charge < -0.3 is 14.8 Å². The van der Waals surface area contributed by atoms with Crippen molar-refractivity contribution in [2.45, 2.75) is 47.7 Å². The zero-order chi connectivity index (χ0) is 24.8. The van der Waals surface area contributed by atoms with Gasteiger partial charge in [-0.25, -0.2) is 4.99 Å². The SMILES string of the molecule is CCn1nc(C)c(CN=C(NC(=O)c2ccc(OC)c(OC)c2)Nc2cccc(C)c2C)c1C. The van der Waals surface area contributed by atoms with Gasteiger partial charge in [0.05, 0.1) is 26.5 Å². The number of ether oxygens (including phenoxy) is 2. The molecule has 1 amide bonds. The fourth-order valence-electron chi connectivity index (χ4n) is 3.71. The normalized spacial score (nSPS) is 11.3. The van der Waals surface area contributed by atoms with Crippen LogP contribution in [0.15, 0.2) is 41.4 Å². The Morgan fingerprint density at radius 2 is 1.79 bits per heavy atom. The number of carbonyl (C=O) groups is 1. The van der Waals surface area contributed by atoms with Crippen molar-refractivity contribution in [1.29, 1.82) is 0 Å². The summed E-state index contributed by atoms with van der Waals surface area (Å²) in [7, 11) is 3.09. The number of aliphatic imine (C=N–C) groups is 1. The highest BCUT2D eigenvalue weighted by Crippen LogP contribution is 2.27. The average Bonchev–Trinajstić information content (AvgIpc) is 3.12. The van der Waals surface area contributed by atoms with Crippen LogP contribution in [0.1, 0.15) is 45.4 Å². The van der Waals surface area contributed by atoms with Crippen molar-refractivity contribution in [3.05, 3.63) is 70.0 Å². The maximum Gasteiger partial charge on any atom is 0.258 e. The quantitative estimate of drug-likeness (QED) is 0.396. The van der Waals surface area contributed by atoms with E-state index >= 15 is 0 Å². The molecule has 0 radical (unpaired) electrons. The largest absolute Gasteiger partial charge is 0.493 e. The van der Waals surface area contributed by atoms with E-state index in [1.807, 2.05) is 50.6 Å². The summed E-state index contributed by atoms with van der Waals surface area (Å²) in [6.07, 6.45) is 0. The molecule has 0 saturated heterocycles. The number of carbonyl (C=O) groups excluding carboxylic acids is 1. The van der Waals surface area contributed by atoms with Crippen molar-refractivity contribution in [2.24, 2.45) is 4.99 Å². The van der Waals surface area contributed by atoms with Crippen LogP contribution in [0.2, 0.25) is 0 Å². The smallest absolute Gasteiger partial charge is 0.258 e. The predicted molar refractivity (Wildman–Crippen MR) is 135 cm³/mol. The second-order valence-electron chi connectivity index (χ2n) is 8.03. The van der Waals surface area contributed by atoms with E-state index in [1.54, 1.807) is 25.3 Å². The maximum absolute atomic E-state index is 13.1. The van der Waals surface area contributed by atoms with Gasteiger partial charge in [0, 0.05) is 29.1 Å². The number of guanidine groups is 1. The van der Waals surface area contributed by atoms with Crippen molar-refractivity contribution in [2.75, 3.05) is 19.5 Å². The van der Waals surface area contributed by atoms with E-state index < -0.39 is 0 Å². The number of anilines is 1. The fourth-order valence-corrected chi connectivity index (χ4v) is 3.71. The first kappa shape index (κ1) is 24.8. The number of methoxy groups -OCH3 is 2. The third-order valence-corrected chi connectivity index (χ3v) is 5.96. The van der Waals surface area contributed by atoms with Gasteiger partial charge >= 0.3 is 0 Å². The highest BCUT2D eigenvalue weighted by molar-refractivity contribution is 6.10. The molecule has 2 aromatic carbocycles. The average molecular weight is 464 g/mol. The summed E-state index contributed by atoms with van der Waals surface area (Å²) < 4.78 is 12.6. The molecule has 0 atom stereocenters. The lowest BCUT2D eigenvalue weighted by Gasteiger charge is -2.15. The van der Waals surface area contributed by atoms with E-state index in [2.05, 4.69) is 22.7 Å². The molecular weight excluding hydrogens is 430 g/mol. The molecule has 0 saturated carbocycles. The van der Waals surface area contributed by atoms with Gasteiger partial charge in [-0.1, -0.05) is 12.1 Å². The number of nitrogens with one attached hydrogen (secondary N) is 2. The van der Waals surface area contributed by atoms with Crippen LogP contribution in [0, 0.1) is 27.7 Å². The standard InChI is InChI=1S/C26H33N5O3/c1-8-31-19(5)21(18(4)30-31)15-27-26(28-22-11-9-10-16(2)17(22)3)29-25(32)20-12-13-23(33-6)24(14-20)34-7/h9-14H,8,15H2,1-7H3,(H2,27,28,29,32). The first-order valence-electron chi connectivity index (χ1n) is 11.2. The number of aryl methyl sites for hydroxylation is 3. The third-order valence-electron chi connectivity index (χ3n) is 5.96. The van der Waals surface area contributed by atoms with Gasteiger partial charge in [-0.05, 0) is 70.0 Å². The monoisotopic (exact) mass is 463 g/mol. The van der Waals surface area contributed by atoms with Crippen LogP contribution < -0.4 is 20.1 Å². The van der Waals surface area contributed by atoms with Crippen molar-refractivity contribution >= 4 is 17.6 Å². The van der Waals surface area contributed by atoms with Crippen LogP contribution in [0.25, 0.3) is 0 Å². The van der Waals surface area contributed by atoms with Gasteiger partial charge in [-0.15, -0.1) is 0 Å². The minimum atomic E-state index is -0.310. The summed E-state index contributed by atoms with van der Waals surface area (Å²) >= 11 is 0. The highest BCUT2D eigenvalue weighted by atomic mass is 16.5. The minimum absolute atomic E-state index is 0.310. The third kappa shape index (κ3) is 5.39. The molecule has 180 valence electrons. The van der Waals surface area contributed by atoms with Crippen molar-refractivity contribution in [3.63, 3.8) is 0 Å². The van der Waals surface area contributed by atoms with E-state index in [-0.39, 0.29) is 5.91 Å². The number of amides is 1. The molecule has 2 N–H and O–H groups in total. The fraction of sp³-hybridized carbons (Fsp3) is 0.346. The van der Waals surface area contributed by atoms with E-state index in [1.165, 1.54) is 7.11 Å². The molecule has 8 nitrogen and oxygen atoms in total. The van der Waals surface area contributed by atoms with Crippen LogP contribution in [0.5, 0.6) is 11.5 Å². The number of hydrogen-bond acceptors (Lipinski definition) is 5. The Labute approximate surface area is 201 Å². The number of aromatic nitrogens is 2. The molecule has 8 heteroatoms. The summed E-state index contributed by atoms with van der Waals surface area (Å²) in [5, 5.41) is 10.8. The molecule has 0 aliphatic carbocycles. The van der Waals surface area contributed by atoms with E-state index in [0.29, 0.717) is 29.6 Å². The first-order chi connectivity index (χ1) is 16.3. The Balaban J connectivity index is 1.93. The number of nitrogens with zero attached hydrogens (tertiary/aromatic N) is 3. The van der Waals surface area contributed by atoms with Crippen LogP contribution in [-0.4, -0.2) is 35.9 Å². The Kier molecular flexibility index (Phi) is 7.94. The predicted octanol–water partition coefficient (Wildman–Crippen LogP) is 4.55. The molecule has 0 spiro atoms. The van der Waals surface area contributed by atoms with Crippen molar-refractivity contribution in [1.82, 2.24) is 15.1 Å².